The van der Waals surface area contributed by atoms with Crippen molar-refractivity contribution in [2.45, 2.75) is 39.0 Å². The molecular formula is C16H20O3. The molecule has 1 saturated carbocycles. The first-order valence-corrected chi connectivity index (χ1v) is 7.12. The molecule has 0 spiro atoms. The largest absolute Gasteiger partial charge is 0.493 e. The minimum absolute atomic E-state index is 0.0251. The Kier molecular flexibility index (Phi) is 2.88. The van der Waals surface area contributed by atoms with Crippen LogP contribution in [0.5, 0.6) is 0 Å². The Balaban J connectivity index is 2.09. The molecule has 19 heavy (non-hydrogen) atoms. The second-order valence-electron chi connectivity index (χ2n) is 6.09. The normalized spacial score (nSPS) is 38.0. The lowest BCUT2D eigenvalue weighted by Gasteiger charge is -2.48. The molecule has 0 saturated heterocycles. The van der Waals surface area contributed by atoms with Gasteiger partial charge in [0.1, 0.15) is 0 Å². The highest BCUT2D eigenvalue weighted by Crippen LogP contribution is 2.54. The van der Waals surface area contributed by atoms with E-state index in [1.165, 1.54) is 25.2 Å². The van der Waals surface area contributed by atoms with Crippen LogP contribution in [-0.2, 0) is 14.3 Å². The Morgan fingerprint density at radius 2 is 2.05 bits per heavy atom. The number of carbonyl (C=O) groups excluding carboxylic acids is 2. The number of fused-ring (bicyclic) bond motifs is 3. The van der Waals surface area contributed by atoms with Crippen molar-refractivity contribution in [1.29, 1.82) is 0 Å². The summed E-state index contributed by atoms with van der Waals surface area (Å²) in [4.78, 5) is 25.0. The second kappa shape index (κ2) is 4.32. The van der Waals surface area contributed by atoms with E-state index in [0.717, 1.165) is 19.3 Å². The van der Waals surface area contributed by atoms with Crippen LogP contribution >= 0.6 is 0 Å². The third kappa shape index (κ3) is 1.63. The van der Waals surface area contributed by atoms with E-state index >= 15 is 0 Å². The molecule has 0 amide bonds. The molecule has 0 heterocycles. The molecule has 1 fully saturated rings. The Hall–Kier alpha value is -1.38. The molecule has 3 atom stereocenters. The number of carbonyl (C=O) groups is 2. The lowest BCUT2D eigenvalue weighted by molar-refractivity contribution is -0.143. The van der Waals surface area contributed by atoms with E-state index < -0.39 is 5.41 Å². The van der Waals surface area contributed by atoms with Crippen LogP contribution in [0.3, 0.4) is 0 Å². The van der Waals surface area contributed by atoms with E-state index in [1.807, 2.05) is 6.92 Å². The molecule has 0 aromatic heterocycles. The van der Waals surface area contributed by atoms with Gasteiger partial charge in [-0.15, -0.1) is 0 Å². The maximum Gasteiger partial charge on any atom is 0.204 e. The van der Waals surface area contributed by atoms with Crippen molar-refractivity contribution in [2.75, 3.05) is 7.11 Å². The molecule has 0 radical (unpaired) electrons. The van der Waals surface area contributed by atoms with Gasteiger partial charge in [0, 0.05) is 12.0 Å². The molecule has 3 rings (SSSR count). The van der Waals surface area contributed by atoms with Gasteiger partial charge in [-0.05, 0) is 31.6 Å². The van der Waals surface area contributed by atoms with Gasteiger partial charge in [0.15, 0.2) is 11.5 Å². The van der Waals surface area contributed by atoms with Crippen LogP contribution in [0.4, 0.5) is 0 Å². The van der Waals surface area contributed by atoms with E-state index in [-0.39, 0.29) is 29.2 Å². The summed E-state index contributed by atoms with van der Waals surface area (Å²) in [5, 5.41) is 0. The fraction of sp³-hybridized carbons (Fsp3) is 0.625. The van der Waals surface area contributed by atoms with Crippen molar-refractivity contribution >= 4 is 11.6 Å². The zero-order valence-electron chi connectivity index (χ0n) is 11.6. The fourth-order valence-corrected chi connectivity index (χ4v) is 4.16. The van der Waals surface area contributed by atoms with Crippen molar-refractivity contribution in [3.8, 4) is 0 Å². The molecule has 0 bridgehead atoms. The van der Waals surface area contributed by atoms with Crippen molar-refractivity contribution in [2.24, 2.45) is 17.3 Å². The van der Waals surface area contributed by atoms with Crippen LogP contribution in [0, 0.1) is 17.3 Å². The van der Waals surface area contributed by atoms with Gasteiger partial charge in [-0.2, -0.15) is 0 Å². The van der Waals surface area contributed by atoms with Crippen molar-refractivity contribution < 1.29 is 14.3 Å². The van der Waals surface area contributed by atoms with Crippen LogP contribution in [0.15, 0.2) is 23.5 Å². The van der Waals surface area contributed by atoms with Crippen molar-refractivity contribution in [3.63, 3.8) is 0 Å². The summed E-state index contributed by atoms with van der Waals surface area (Å²) in [6.45, 7) is 1.98. The van der Waals surface area contributed by atoms with Gasteiger partial charge in [-0.1, -0.05) is 25.0 Å². The summed E-state index contributed by atoms with van der Waals surface area (Å²) in [6.07, 6.45) is 8.79. The van der Waals surface area contributed by atoms with Crippen LogP contribution in [0.1, 0.15) is 39.0 Å². The Morgan fingerprint density at radius 3 is 2.79 bits per heavy atom. The van der Waals surface area contributed by atoms with Gasteiger partial charge in [-0.25, -0.2) is 0 Å². The van der Waals surface area contributed by atoms with E-state index in [2.05, 4.69) is 6.08 Å². The maximum absolute atomic E-state index is 12.7. The molecule has 3 heteroatoms. The molecule has 0 aromatic rings. The smallest absolute Gasteiger partial charge is 0.204 e. The standard InChI is InChI=1S/C16H20O3/c1-16-11-6-4-3-5-10(11)7-8-12(16)13(17)9-14(19-2)15(16)18/h7,9,11-12H,3-6,8H2,1-2H3/t11-,12-,16-/m0/s1. The first-order valence-electron chi connectivity index (χ1n) is 7.12. The average molecular weight is 260 g/mol. The SMILES string of the molecule is COC1=CC(=O)[C@@H]2CC=C3CCCC[C@@H]3[C@]2(C)C1=O. The van der Waals surface area contributed by atoms with Crippen LogP contribution < -0.4 is 0 Å². The first-order chi connectivity index (χ1) is 9.09. The Bertz CT molecular complexity index is 500. The number of rotatable bonds is 1. The van der Waals surface area contributed by atoms with Gasteiger partial charge in [-0.3, -0.25) is 9.59 Å². The third-order valence-corrected chi connectivity index (χ3v) is 5.27. The van der Waals surface area contributed by atoms with Crippen LogP contribution in [0.2, 0.25) is 0 Å². The molecule has 3 aliphatic carbocycles. The fourth-order valence-electron chi connectivity index (χ4n) is 4.16. The summed E-state index contributed by atoms with van der Waals surface area (Å²) < 4.78 is 5.14. The first kappa shape index (κ1) is 12.6. The Labute approximate surface area is 113 Å². The minimum atomic E-state index is -0.582. The quantitative estimate of drug-likeness (QED) is 0.681. The van der Waals surface area contributed by atoms with Crippen molar-refractivity contribution in [1.82, 2.24) is 0 Å². The number of Topliss-reactive ketones (excluding diaryl/α,β-unsaturated/α-hetero) is 1. The van der Waals surface area contributed by atoms with Gasteiger partial charge >= 0.3 is 0 Å². The lowest BCUT2D eigenvalue weighted by Crippen LogP contribution is -2.51. The molecule has 3 aliphatic rings. The minimum Gasteiger partial charge on any atom is -0.493 e. The zero-order valence-corrected chi connectivity index (χ0v) is 11.6. The molecule has 0 aliphatic heterocycles. The Morgan fingerprint density at radius 1 is 1.26 bits per heavy atom. The predicted molar refractivity (Wildman–Crippen MR) is 71.4 cm³/mol. The van der Waals surface area contributed by atoms with E-state index in [9.17, 15) is 9.59 Å². The predicted octanol–water partition coefficient (Wildman–Crippen LogP) is 2.81. The summed E-state index contributed by atoms with van der Waals surface area (Å²) >= 11 is 0. The van der Waals surface area contributed by atoms with Crippen molar-refractivity contribution in [3.05, 3.63) is 23.5 Å². The summed E-state index contributed by atoms with van der Waals surface area (Å²) in [7, 11) is 1.47. The summed E-state index contributed by atoms with van der Waals surface area (Å²) in [5.41, 5.74) is 0.810. The van der Waals surface area contributed by atoms with E-state index in [1.54, 1.807) is 0 Å². The summed E-state index contributed by atoms with van der Waals surface area (Å²) in [6, 6.07) is 0. The lowest BCUT2D eigenvalue weighted by atomic mass is 9.53. The highest BCUT2D eigenvalue weighted by atomic mass is 16.5. The maximum atomic E-state index is 12.7. The van der Waals surface area contributed by atoms with Gasteiger partial charge < -0.3 is 4.74 Å². The topological polar surface area (TPSA) is 43.4 Å². The molecule has 102 valence electrons. The van der Waals surface area contributed by atoms with Gasteiger partial charge in [0.2, 0.25) is 5.78 Å². The molecule has 0 N–H and O–H groups in total. The molecular weight excluding hydrogens is 240 g/mol. The van der Waals surface area contributed by atoms with Gasteiger partial charge in [0.05, 0.1) is 12.5 Å². The van der Waals surface area contributed by atoms with Crippen LogP contribution in [0.25, 0.3) is 0 Å². The number of ether oxygens (including phenoxy) is 1. The van der Waals surface area contributed by atoms with Gasteiger partial charge in [0.25, 0.3) is 0 Å². The van der Waals surface area contributed by atoms with E-state index in [0.29, 0.717) is 6.42 Å². The number of ketones is 2. The molecule has 0 aromatic carbocycles. The number of allylic oxidation sites excluding steroid dienone is 4. The highest BCUT2D eigenvalue weighted by molar-refractivity contribution is 6.12. The molecule has 0 unspecified atom stereocenters. The highest BCUT2D eigenvalue weighted by Gasteiger charge is 2.56. The monoisotopic (exact) mass is 260 g/mol. The number of hydrogen-bond donors (Lipinski definition) is 0. The second-order valence-corrected chi connectivity index (χ2v) is 6.09. The molecule has 3 nitrogen and oxygen atoms in total. The number of hydrogen-bond acceptors (Lipinski definition) is 3. The number of methoxy groups -OCH3 is 1. The average Bonchev–Trinajstić information content (AvgIpc) is 2.43. The zero-order chi connectivity index (χ0) is 13.6. The van der Waals surface area contributed by atoms with Crippen LogP contribution in [-0.4, -0.2) is 18.7 Å². The third-order valence-electron chi connectivity index (χ3n) is 5.27. The van der Waals surface area contributed by atoms with E-state index in [4.69, 9.17) is 4.74 Å². The summed E-state index contributed by atoms with van der Waals surface area (Å²) in [5.74, 6) is 0.369.